The number of hydrogen-bond donors (Lipinski definition) is 0. The highest BCUT2D eigenvalue weighted by Crippen LogP contribution is 2.06. The standard InChI is InChI=1S/C14H18O/c1-2-3-4-8-11-14(15)12-13-9-6-5-7-10-13/h2,5-7,9-10H,1,3-4,8,11-12H2. The zero-order valence-corrected chi connectivity index (χ0v) is 9.11. The topological polar surface area (TPSA) is 17.1 Å². The second-order valence-corrected chi connectivity index (χ2v) is 3.74. The van der Waals surface area contributed by atoms with Gasteiger partial charge in [-0.3, -0.25) is 4.79 Å². The average molecular weight is 202 g/mol. The Hall–Kier alpha value is -1.37. The number of Topliss-reactive ketones (excluding diaryl/α,β-unsaturated/α-hetero) is 1. The van der Waals surface area contributed by atoms with Crippen LogP contribution in [0.5, 0.6) is 0 Å². The van der Waals surface area contributed by atoms with Crippen molar-refractivity contribution in [2.45, 2.75) is 32.1 Å². The lowest BCUT2D eigenvalue weighted by atomic mass is 10.0. The fraction of sp³-hybridized carbons (Fsp3) is 0.357. The van der Waals surface area contributed by atoms with Crippen molar-refractivity contribution < 1.29 is 4.79 Å². The molecule has 0 radical (unpaired) electrons. The van der Waals surface area contributed by atoms with Gasteiger partial charge in [-0.2, -0.15) is 0 Å². The minimum Gasteiger partial charge on any atom is -0.299 e. The lowest BCUT2D eigenvalue weighted by Crippen LogP contribution is -2.02. The van der Waals surface area contributed by atoms with Crippen LogP contribution in [-0.4, -0.2) is 5.78 Å². The number of allylic oxidation sites excluding steroid dienone is 1. The molecule has 1 aromatic rings. The lowest BCUT2D eigenvalue weighted by molar-refractivity contribution is -0.118. The SMILES string of the molecule is C=CCCCCC(=O)Cc1ccccc1. The molecule has 0 saturated carbocycles. The number of carbonyl (C=O) groups is 1. The predicted molar refractivity (Wildman–Crippen MR) is 63.8 cm³/mol. The highest BCUT2D eigenvalue weighted by Gasteiger charge is 2.02. The monoisotopic (exact) mass is 202 g/mol. The summed E-state index contributed by atoms with van der Waals surface area (Å²) in [5.74, 6) is 0.338. The Balaban J connectivity index is 2.22. The van der Waals surface area contributed by atoms with E-state index in [1.54, 1.807) is 0 Å². The van der Waals surface area contributed by atoms with Crippen LogP contribution in [-0.2, 0) is 11.2 Å². The third-order valence-electron chi connectivity index (χ3n) is 2.36. The minimum atomic E-state index is 0.338. The van der Waals surface area contributed by atoms with Gasteiger partial charge in [-0.1, -0.05) is 36.4 Å². The van der Waals surface area contributed by atoms with Crippen molar-refractivity contribution in [1.29, 1.82) is 0 Å². The van der Waals surface area contributed by atoms with E-state index >= 15 is 0 Å². The number of ketones is 1. The van der Waals surface area contributed by atoms with Crippen LogP contribution in [0.15, 0.2) is 43.0 Å². The first-order chi connectivity index (χ1) is 7.33. The molecule has 0 atom stereocenters. The van der Waals surface area contributed by atoms with Gasteiger partial charge in [0, 0.05) is 12.8 Å². The molecule has 0 aliphatic carbocycles. The van der Waals surface area contributed by atoms with E-state index in [4.69, 9.17) is 0 Å². The van der Waals surface area contributed by atoms with E-state index < -0.39 is 0 Å². The van der Waals surface area contributed by atoms with E-state index in [1.165, 1.54) is 0 Å². The van der Waals surface area contributed by atoms with Crippen LogP contribution in [0.2, 0.25) is 0 Å². The first-order valence-electron chi connectivity index (χ1n) is 5.49. The molecule has 0 aromatic heterocycles. The summed E-state index contributed by atoms with van der Waals surface area (Å²) in [4.78, 5) is 11.5. The maximum Gasteiger partial charge on any atom is 0.137 e. The summed E-state index contributed by atoms with van der Waals surface area (Å²) in [6.45, 7) is 3.66. The van der Waals surface area contributed by atoms with Gasteiger partial charge in [0.15, 0.2) is 0 Å². The van der Waals surface area contributed by atoms with Crippen molar-refractivity contribution in [2.75, 3.05) is 0 Å². The molecular formula is C14H18O. The minimum absolute atomic E-state index is 0.338. The average Bonchev–Trinajstić information content (AvgIpc) is 2.26. The largest absolute Gasteiger partial charge is 0.299 e. The van der Waals surface area contributed by atoms with E-state index in [1.807, 2.05) is 36.4 Å². The maximum atomic E-state index is 11.5. The smallest absolute Gasteiger partial charge is 0.137 e. The first kappa shape index (κ1) is 11.7. The number of unbranched alkanes of at least 4 members (excludes halogenated alkanes) is 2. The van der Waals surface area contributed by atoms with Gasteiger partial charge >= 0.3 is 0 Å². The van der Waals surface area contributed by atoms with Gasteiger partial charge in [0.1, 0.15) is 5.78 Å². The summed E-state index contributed by atoms with van der Waals surface area (Å²) in [6, 6.07) is 9.92. The summed E-state index contributed by atoms with van der Waals surface area (Å²) in [5, 5.41) is 0. The van der Waals surface area contributed by atoms with Crippen molar-refractivity contribution in [3.63, 3.8) is 0 Å². The Morgan fingerprint density at radius 3 is 2.60 bits per heavy atom. The third kappa shape index (κ3) is 5.16. The van der Waals surface area contributed by atoms with E-state index in [9.17, 15) is 4.79 Å². The molecule has 80 valence electrons. The number of benzene rings is 1. The fourth-order valence-corrected chi connectivity index (χ4v) is 1.52. The molecule has 0 aliphatic heterocycles. The summed E-state index contributed by atoms with van der Waals surface area (Å²) in [5.41, 5.74) is 1.12. The van der Waals surface area contributed by atoms with E-state index in [0.29, 0.717) is 18.6 Å². The van der Waals surface area contributed by atoms with E-state index in [2.05, 4.69) is 6.58 Å². The molecule has 1 heteroatoms. The van der Waals surface area contributed by atoms with Crippen LogP contribution < -0.4 is 0 Å². The molecule has 0 saturated heterocycles. The van der Waals surface area contributed by atoms with Crippen molar-refractivity contribution >= 4 is 5.78 Å². The van der Waals surface area contributed by atoms with E-state index in [0.717, 1.165) is 24.8 Å². The molecule has 0 unspecified atom stereocenters. The zero-order valence-electron chi connectivity index (χ0n) is 9.11. The number of carbonyl (C=O) groups excluding carboxylic acids is 1. The zero-order chi connectivity index (χ0) is 10.9. The third-order valence-corrected chi connectivity index (χ3v) is 2.36. The molecule has 0 bridgehead atoms. The summed E-state index contributed by atoms with van der Waals surface area (Å²) in [6.07, 6.45) is 6.25. The molecule has 1 aromatic carbocycles. The molecule has 0 N–H and O–H groups in total. The Morgan fingerprint density at radius 2 is 1.93 bits per heavy atom. The lowest BCUT2D eigenvalue weighted by Gasteiger charge is -2.00. The van der Waals surface area contributed by atoms with Crippen LogP contribution >= 0.6 is 0 Å². The van der Waals surface area contributed by atoms with Crippen LogP contribution in [0, 0.1) is 0 Å². The molecule has 0 spiro atoms. The number of rotatable bonds is 7. The van der Waals surface area contributed by atoms with E-state index in [-0.39, 0.29) is 0 Å². The van der Waals surface area contributed by atoms with Crippen LogP contribution in [0.4, 0.5) is 0 Å². The Bertz CT molecular complexity index is 300. The highest BCUT2D eigenvalue weighted by molar-refractivity contribution is 5.80. The van der Waals surface area contributed by atoms with Gasteiger partial charge in [0.2, 0.25) is 0 Å². The van der Waals surface area contributed by atoms with Crippen LogP contribution in [0.25, 0.3) is 0 Å². The van der Waals surface area contributed by atoms with Crippen LogP contribution in [0.3, 0.4) is 0 Å². The van der Waals surface area contributed by atoms with Crippen molar-refractivity contribution in [3.05, 3.63) is 48.6 Å². The molecule has 0 heterocycles. The molecule has 0 amide bonds. The van der Waals surface area contributed by atoms with Gasteiger partial charge in [-0.15, -0.1) is 6.58 Å². The molecule has 1 nitrogen and oxygen atoms in total. The normalized spacial score (nSPS) is 9.87. The first-order valence-corrected chi connectivity index (χ1v) is 5.49. The summed E-state index contributed by atoms with van der Waals surface area (Å²) < 4.78 is 0. The molecular weight excluding hydrogens is 184 g/mol. The second-order valence-electron chi connectivity index (χ2n) is 3.74. The quantitative estimate of drug-likeness (QED) is 0.488. The molecule has 1 rings (SSSR count). The van der Waals surface area contributed by atoms with Gasteiger partial charge in [-0.05, 0) is 24.8 Å². The van der Waals surface area contributed by atoms with Crippen LogP contribution in [0.1, 0.15) is 31.2 Å². The Kier molecular flexibility index (Phi) is 5.46. The Labute approximate surface area is 91.8 Å². The van der Waals surface area contributed by atoms with Gasteiger partial charge in [0.25, 0.3) is 0 Å². The second kappa shape index (κ2) is 6.99. The van der Waals surface area contributed by atoms with Gasteiger partial charge < -0.3 is 0 Å². The van der Waals surface area contributed by atoms with Gasteiger partial charge in [0.05, 0.1) is 0 Å². The fourth-order valence-electron chi connectivity index (χ4n) is 1.52. The molecule has 15 heavy (non-hydrogen) atoms. The van der Waals surface area contributed by atoms with Gasteiger partial charge in [-0.25, -0.2) is 0 Å². The van der Waals surface area contributed by atoms with Crippen molar-refractivity contribution in [2.24, 2.45) is 0 Å². The molecule has 0 fully saturated rings. The summed E-state index contributed by atoms with van der Waals surface area (Å²) >= 11 is 0. The molecule has 0 aliphatic rings. The maximum absolute atomic E-state index is 11.5. The summed E-state index contributed by atoms with van der Waals surface area (Å²) in [7, 11) is 0. The highest BCUT2D eigenvalue weighted by atomic mass is 16.1. The number of hydrogen-bond acceptors (Lipinski definition) is 1. The van der Waals surface area contributed by atoms with Crippen molar-refractivity contribution in [3.8, 4) is 0 Å². The van der Waals surface area contributed by atoms with Crippen molar-refractivity contribution in [1.82, 2.24) is 0 Å². The Morgan fingerprint density at radius 1 is 1.20 bits per heavy atom. The predicted octanol–water partition coefficient (Wildman–Crippen LogP) is 3.54.